The number of carbonyl (C=O) groups excluding carboxylic acids is 2. The van der Waals surface area contributed by atoms with Crippen LogP contribution in [0, 0.1) is 0 Å². The van der Waals surface area contributed by atoms with Crippen molar-refractivity contribution in [1.82, 2.24) is 10.6 Å². The van der Waals surface area contributed by atoms with Crippen molar-refractivity contribution in [3.63, 3.8) is 0 Å². The molecule has 290 valence electrons. The van der Waals surface area contributed by atoms with E-state index in [1.54, 1.807) is 0 Å². The molecule has 6 N–H and O–H groups in total. The molecule has 1 fully saturated rings. The van der Waals surface area contributed by atoms with Gasteiger partial charge in [-0.3, -0.25) is 9.59 Å². The Morgan fingerprint density at radius 1 is 0.612 bits per heavy atom. The lowest BCUT2D eigenvalue weighted by Gasteiger charge is -2.39. The van der Waals surface area contributed by atoms with Crippen LogP contribution in [-0.4, -0.2) is 88.7 Å². The van der Waals surface area contributed by atoms with Gasteiger partial charge in [0.2, 0.25) is 11.8 Å². The highest BCUT2D eigenvalue weighted by Gasteiger charge is 2.44. The molecule has 1 aliphatic heterocycles. The van der Waals surface area contributed by atoms with Crippen molar-refractivity contribution in [1.29, 1.82) is 0 Å². The first kappa shape index (κ1) is 45.7. The van der Waals surface area contributed by atoms with Gasteiger partial charge in [0.25, 0.3) is 0 Å². The number of hydrogen-bond donors (Lipinski definition) is 6. The molecule has 0 aromatic heterocycles. The highest BCUT2D eigenvalue weighted by Crippen LogP contribution is 2.22. The van der Waals surface area contributed by atoms with Gasteiger partial charge in [0, 0.05) is 13.0 Å². The van der Waals surface area contributed by atoms with E-state index in [0.29, 0.717) is 13.0 Å². The summed E-state index contributed by atoms with van der Waals surface area (Å²) < 4.78 is 11.1. The number of aliphatic hydroxyl groups is 4. The average Bonchev–Trinajstić information content (AvgIpc) is 3.10. The molecule has 1 saturated heterocycles. The van der Waals surface area contributed by atoms with Gasteiger partial charge in [-0.2, -0.15) is 0 Å². The van der Waals surface area contributed by atoms with E-state index in [1.165, 1.54) is 122 Å². The van der Waals surface area contributed by atoms with E-state index in [0.717, 1.165) is 38.5 Å². The third-order valence-electron chi connectivity index (χ3n) is 9.76. The topological polar surface area (TPSA) is 158 Å². The summed E-state index contributed by atoms with van der Waals surface area (Å²) in [6.07, 6.45) is 23.7. The minimum atomic E-state index is -1.58. The van der Waals surface area contributed by atoms with E-state index < -0.39 is 43.4 Å². The number of rotatable bonds is 33. The lowest BCUT2D eigenvalue weighted by atomic mass is 9.99. The summed E-state index contributed by atoms with van der Waals surface area (Å²) in [6, 6.07) is -1.01. The van der Waals surface area contributed by atoms with Gasteiger partial charge in [0.1, 0.15) is 30.5 Å². The third-order valence-corrected chi connectivity index (χ3v) is 9.76. The van der Waals surface area contributed by atoms with Crippen molar-refractivity contribution in [3.05, 3.63) is 0 Å². The molecule has 10 heteroatoms. The van der Waals surface area contributed by atoms with Crippen LogP contribution in [0.15, 0.2) is 0 Å². The van der Waals surface area contributed by atoms with Crippen LogP contribution in [0.3, 0.4) is 0 Å². The fraction of sp³-hybridized carbons (Fsp3) is 0.949. The van der Waals surface area contributed by atoms with Crippen molar-refractivity contribution in [2.45, 2.75) is 218 Å². The van der Waals surface area contributed by atoms with Crippen LogP contribution in [0.2, 0.25) is 0 Å². The quantitative estimate of drug-likeness (QED) is 0.0419. The fourth-order valence-corrected chi connectivity index (χ4v) is 6.45. The van der Waals surface area contributed by atoms with Gasteiger partial charge in [0.15, 0.2) is 6.29 Å². The van der Waals surface area contributed by atoms with Crippen LogP contribution < -0.4 is 10.6 Å². The number of unbranched alkanes of at least 4 members (excludes halogenated alkanes) is 23. The smallest absolute Gasteiger partial charge is 0.244 e. The van der Waals surface area contributed by atoms with Crippen molar-refractivity contribution < 1.29 is 39.5 Å². The van der Waals surface area contributed by atoms with E-state index >= 15 is 0 Å². The molecule has 0 saturated carbocycles. The molecule has 49 heavy (non-hydrogen) atoms. The van der Waals surface area contributed by atoms with Gasteiger partial charge in [-0.05, 0) is 12.8 Å². The molecule has 0 bridgehead atoms. The minimum Gasteiger partial charge on any atom is -0.394 e. The minimum absolute atomic E-state index is 0.244. The maximum Gasteiger partial charge on any atom is 0.244 e. The van der Waals surface area contributed by atoms with Gasteiger partial charge in [0.05, 0.1) is 13.2 Å². The Morgan fingerprint density at radius 3 is 1.49 bits per heavy atom. The SMILES string of the molecule is CCCCCCCCCCCCCCCC(=O)N[C@@H](CO[C@@H]1O[C@@H](CO)[C@@H](O)[C@H](O)[C@@H]1O)C(=O)NCCCCCCCCCCCCCC. The molecule has 10 nitrogen and oxygen atoms in total. The Balaban J connectivity index is 2.39. The zero-order valence-electron chi connectivity index (χ0n) is 31.4. The summed E-state index contributed by atoms with van der Waals surface area (Å²) >= 11 is 0. The number of aliphatic hydroxyl groups excluding tert-OH is 4. The first-order valence-corrected chi connectivity index (χ1v) is 20.3. The Hall–Kier alpha value is -1.30. The van der Waals surface area contributed by atoms with Crippen molar-refractivity contribution in [2.75, 3.05) is 19.8 Å². The highest BCUT2D eigenvalue weighted by molar-refractivity contribution is 5.87. The zero-order valence-corrected chi connectivity index (χ0v) is 31.4. The van der Waals surface area contributed by atoms with Crippen molar-refractivity contribution in [2.24, 2.45) is 0 Å². The van der Waals surface area contributed by atoms with Gasteiger partial charge in [-0.15, -0.1) is 0 Å². The molecule has 0 unspecified atom stereocenters. The number of amides is 2. The Kier molecular flexibility index (Phi) is 29.3. The summed E-state index contributed by atoms with van der Waals surface area (Å²) in [5, 5.41) is 45.7. The lowest BCUT2D eigenvalue weighted by molar-refractivity contribution is -0.301. The van der Waals surface area contributed by atoms with Gasteiger partial charge in [-0.25, -0.2) is 0 Å². The predicted octanol–water partition coefficient (Wildman–Crippen LogP) is 6.59. The Labute approximate surface area is 298 Å². The Morgan fingerprint density at radius 2 is 1.04 bits per heavy atom. The van der Waals surface area contributed by atoms with E-state index in [4.69, 9.17) is 9.47 Å². The van der Waals surface area contributed by atoms with Gasteiger partial charge >= 0.3 is 0 Å². The predicted molar refractivity (Wildman–Crippen MR) is 196 cm³/mol. The second-order valence-electron chi connectivity index (χ2n) is 14.3. The van der Waals surface area contributed by atoms with E-state index in [2.05, 4.69) is 24.5 Å². The largest absolute Gasteiger partial charge is 0.394 e. The number of ether oxygens (including phenoxy) is 2. The molecule has 1 aliphatic rings. The van der Waals surface area contributed by atoms with Crippen LogP contribution in [0.1, 0.15) is 181 Å². The van der Waals surface area contributed by atoms with Crippen molar-refractivity contribution >= 4 is 11.8 Å². The van der Waals surface area contributed by atoms with E-state index in [9.17, 15) is 30.0 Å². The van der Waals surface area contributed by atoms with Crippen LogP contribution >= 0.6 is 0 Å². The van der Waals surface area contributed by atoms with Gasteiger partial charge < -0.3 is 40.5 Å². The average molecular weight is 701 g/mol. The van der Waals surface area contributed by atoms with E-state index in [1.807, 2.05) is 0 Å². The second kappa shape index (κ2) is 31.4. The molecule has 1 rings (SSSR count). The standard InChI is InChI=1S/C39H76N2O8/c1-3-5-7-9-11-13-15-17-18-20-22-24-26-28-34(43)41-32(31-48-39-37(46)36(45)35(44)33(30-42)49-39)38(47)40-29-27-25-23-21-19-16-14-12-10-8-6-4-2/h32-33,35-37,39,42,44-46H,3-31H2,1-2H3,(H,40,47)(H,41,43)/t32-,33-,35+,36-,37-,39+/m0/s1. The normalized spacial score (nSPS) is 21.5. The molecule has 0 radical (unpaired) electrons. The molecule has 2 amide bonds. The molecule has 6 atom stereocenters. The van der Waals surface area contributed by atoms with Gasteiger partial charge in [-0.1, -0.05) is 162 Å². The summed E-state index contributed by atoms with van der Waals surface area (Å²) in [5.74, 6) is -0.627. The van der Waals surface area contributed by atoms with Crippen LogP contribution in [0.25, 0.3) is 0 Å². The monoisotopic (exact) mass is 701 g/mol. The molecule has 0 aromatic carbocycles. The van der Waals surface area contributed by atoms with Crippen LogP contribution in [0.4, 0.5) is 0 Å². The van der Waals surface area contributed by atoms with Crippen LogP contribution in [0.5, 0.6) is 0 Å². The fourth-order valence-electron chi connectivity index (χ4n) is 6.45. The maximum absolute atomic E-state index is 13.1. The number of carbonyl (C=O) groups is 2. The third kappa shape index (κ3) is 23.0. The summed E-state index contributed by atoms with van der Waals surface area (Å²) in [4.78, 5) is 25.9. The molecule has 0 aliphatic carbocycles. The molecule has 1 heterocycles. The summed E-state index contributed by atoms with van der Waals surface area (Å²) in [5.41, 5.74) is 0. The maximum atomic E-state index is 13.1. The molecular weight excluding hydrogens is 624 g/mol. The number of hydrogen-bond acceptors (Lipinski definition) is 8. The van der Waals surface area contributed by atoms with Crippen LogP contribution in [-0.2, 0) is 19.1 Å². The summed E-state index contributed by atoms with van der Waals surface area (Å²) in [6.45, 7) is 4.10. The highest BCUT2D eigenvalue weighted by atomic mass is 16.7. The van der Waals surface area contributed by atoms with Crippen molar-refractivity contribution in [3.8, 4) is 0 Å². The summed E-state index contributed by atoms with van der Waals surface area (Å²) in [7, 11) is 0. The molecule has 0 spiro atoms. The first-order chi connectivity index (χ1) is 23.8. The Bertz CT molecular complexity index is 786. The van der Waals surface area contributed by atoms with E-state index in [-0.39, 0.29) is 18.4 Å². The molecular formula is C39H76N2O8. The zero-order chi connectivity index (χ0) is 36.0. The molecule has 0 aromatic rings. The lowest BCUT2D eigenvalue weighted by Crippen LogP contribution is -2.60. The first-order valence-electron chi connectivity index (χ1n) is 20.3. The number of nitrogens with one attached hydrogen (secondary N) is 2. The second-order valence-corrected chi connectivity index (χ2v) is 14.3.